The molecule has 0 unspecified atom stereocenters. The Bertz CT molecular complexity index is 613. The predicted molar refractivity (Wildman–Crippen MR) is 77.6 cm³/mol. The topological polar surface area (TPSA) is 37.8 Å². The largest absolute Gasteiger partial charge is 0.326 e. The van der Waals surface area contributed by atoms with E-state index in [4.69, 9.17) is 11.6 Å². The smallest absolute Gasteiger partial charge is 0.306 e. The zero-order valence-corrected chi connectivity index (χ0v) is 11.6. The summed E-state index contributed by atoms with van der Waals surface area (Å²) in [7, 11) is 0. The first-order valence-electron chi connectivity index (χ1n) is 6.20. The monoisotopic (exact) mass is 282 g/mol. The maximum absolute atomic E-state index is 12.0. The van der Waals surface area contributed by atoms with Crippen molar-refractivity contribution in [2.45, 2.75) is 19.4 Å². The molecule has 0 aliphatic carbocycles. The minimum Gasteiger partial charge on any atom is -0.306 e. The van der Waals surface area contributed by atoms with Crippen molar-refractivity contribution in [2.75, 3.05) is 11.5 Å². The van der Waals surface area contributed by atoms with Gasteiger partial charge in [-0.25, -0.2) is 4.79 Å². The van der Waals surface area contributed by atoms with Gasteiger partial charge in [0.25, 0.3) is 0 Å². The Morgan fingerprint density at radius 2 is 2.17 bits per heavy atom. The summed E-state index contributed by atoms with van der Waals surface area (Å²) >= 11 is 8.02. The summed E-state index contributed by atoms with van der Waals surface area (Å²) in [6.45, 7) is 0.805. The number of aromatic nitrogens is 2. The van der Waals surface area contributed by atoms with Crippen molar-refractivity contribution < 1.29 is 0 Å². The Kier molecular flexibility index (Phi) is 3.39. The average molecular weight is 283 g/mol. The van der Waals surface area contributed by atoms with Gasteiger partial charge in [-0.2, -0.15) is 11.8 Å². The normalized spacial score (nSPS) is 17.4. The predicted octanol–water partition coefficient (Wildman–Crippen LogP) is 3.13. The molecule has 5 heteroatoms. The molecule has 0 spiro atoms. The molecule has 3 nitrogen and oxygen atoms in total. The molecular formula is C13H15ClN2OS. The summed E-state index contributed by atoms with van der Waals surface area (Å²) in [4.78, 5) is 14.9. The molecule has 0 saturated carbocycles. The van der Waals surface area contributed by atoms with Crippen LogP contribution in [-0.2, 0) is 6.54 Å². The van der Waals surface area contributed by atoms with E-state index in [-0.39, 0.29) is 5.69 Å². The number of imidazole rings is 1. The van der Waals surface area contributed by atoms with Gasteiger partial charge in [-0.1, -0.05) is 11.6 Å². The fourth-order valence-corrected chi connectivity index (χ4v) is 3.86. The average Bonchev–Trinajstić information content (AvgIpc) is 2.67. The van der Waals surface area contributed by atoms with E-state index in [9.17, 15) is 4.79 Å². The summed E-state index contributed by atoms with van der Waals surface area (Å²) in [5.74, 6) is 3.03. The van der Waals surface area contributed by atoms with Crippen LogP contribution in [0.15, 0.2) is 23.0 Å². The third kappa shape index (κ3) is 2.31. The molecule has 18 heavy (non-hydrogen) atoms. The van der Waals surface area contributed by atoms with Crippen molar-refractivity contribution in [2.24, 2.45) is 5.92 Å². The van der Waals surface area contributed by atoms with Crippen molar-refractivity contribution in [3.8, 4) is 0 Å². The van der Waals surface area contributed by atoms with E-state index < -0.39 is 0 Å². The van der Waals surface area contributed by atoms with E-state index >= 15 is 0 Å². The highest BCUT2D eigenvalue weighted by Gasteiger charge is 2.17. The standard InChI is InChI=1S/C13H15ClN2OS/c14-10-1-2-11-12(7-10)16(13(17)15-11)8-9-3-5-18-6-4-9/h1-2,7,9H,3-6,8H2,(H,15,17). The van der Waals surface area contributed by atoms with Crippen molar-refractivity contribution in [1.82, 2.24) is 9.55 Å². The molecule has 3 rings (SSSR count). The van der Waals surface area contributed by atoms with Gasteiger partial charge in [0.05, 0.1) is 11.0 Å². The molecule has 1 aromatic carbocycles. The van der Waals surface area contributed by atoms with Gasteiger partial charge >= 0.3 is 5.69 Å². The number of nitrogens with one attached hydrogen (secondary N) is 1. The number of thioether (sulfide) groups is 1. The van der Waals surface area contributed by atoms with Crippen LogP contribution < -0.4 is 5.69 Å². The Morgan fingerprint density at radius 1 is 1.39 bits per heavy atom. The minimum absolute atomic E-state index is 0.0227. The molecule has 2 heterocycles. The lowest BCUT2D eigenvalue weighted by Gasteiger charge is -2.21. The summed E-state index contributed by atoms with van der Waals surface area (Å²) in [6, 6.07) is 5.54. The maximum atomic E-state index is 12.0. The summed E-state index contributed by atoms with van der Waals surface area (Å²) in [6.07, 6.45) is 2.40. The number of hydrogen-bond acceptors (Lipinski definition) is 2. The molecule has 0 amide bonds. The minimum atomic E-state index is -0.0227. The third-order valence-corrected chi connectivity index (χ3v) is 4.80. The van der Waals surface area contributed by atoms with Gasteiger partial charge in [0, 0.05) is 11.6 Å². The van der Waals surface area contributed by atoms with Crippen LogP contribution in [0.25, 0.3) is 11.0 Å². The zero-order chi connectivity index (χ0) is 12.5. The Labute approximate surface area is 115 Å². The van der Waals surface area contributed by atoms with Crippen LogP contribution in [-0.4, -0.2) is 21.1 Å². The lowest BCUT2D eigenvalue weighted by molar-refractivity contribution is 0.417. The van der Waals surface area contributed by atoms with Crippen LogP contribution in [0.4, 0.5) is 0 Å². The van der Waals surface area contributed by atoms with E-state index in [2.05, 4.69) is 4.98 Å². The van der Waals surface area contributed by atoms with E-state index in [1.807, 2.05) is 28.5 Å². The molecule has 0 bridgehead atoms. The van der Waals surface area contributed by atoms with Gasteiger partial charge in [-0.15, -0.1) is 0 Å². The van der Waals surface area contributed by atoms with Gasteiger partial charge in [0.2, 0.25) is 0 Å². The second-order valence-electron chi connectivity index (χ2n) is 4.76. The van der Waals surface area contributed by atoms with Crippen LogP contribution in [0.5, 0.6) is 0 Å². The molecule has 96 valence electrons. The molecule has 1 aliphatic rings. The molecular weight excluding hydrogens is 268 g/mol. The van der Waals surface area contributed by atoms with Crippen molar-refractivity contribution in [3.05, 3.63) is 33.7 Å². The number of nitrogens with zero attached hydrogens (tertiary/aromatic N) is 1. The van der Waals surface area contributed by atoms with Gasteiger partial charge in [-0.3, -0.25) is 4.57 Å². The molecule has 0 radical (unpaired) electrons. The number of hydrogen-bond donors (Lipinski definition) is 1. The quantitative estimate of drug-likeness (QED) is 0.919. The lowest BCUT2D eigenvalue weighted by atomic mass is 10.0. The van der Waals surface area contributed by atoms with Crippen LogP contribution in [0.3, 0.4) is 0 Å². The number of H-pyrrole nitrogens is 1. The van der Waals surface area contributed by atoms with Gasteiger partial charge in [0.1, 0.15) is 0 Å². The van der Waals surface area contributed by atoms with Crippen LogP contribution in [0.2, 0.25) is 5.02 Å². The SMILES string of the molecule is O=c1[nH]c2ccc(Cl)cc2n1CC1CCSCC1. The van der Waals surface area contributed by atoms with Crippen molar-refractivity contribution in [3.63, 3.8) is 0 Å². The summed E-state index contributed by atoms with van der Waals surface area (Å²) in [5.41, 5.74) is 1.77. The lowest BCUT2D eigenvalue weighted by Crippen LogP contribution is -2.23. The first-order valence-corrected chi connectivity index (χ1v) is 7.73. The van der Waals surface area contributed by atoms with Gasteiger partial charge in [-0.05, 0) is 48.5 Å². The molecule has 1 N–H and O–H groups in total. The van der Waals surface area contributed by atoms with Crippen molar-refractivity contribution >= 4 is 34.4 Å². The fourth-order valence-electron chi connectivity index (χ4n) is 2.49. The highest BCUT2D eigenvalue weighted by Crippen LogP contribution is 2.25. The zero-order valence-electron chi connectivity index (χ0n) is 9.99. The first-order chi connectivity index (χ1) is 8.74. The molecule has 2 aromatic rings. The molecule has 1 aromatic heterocycles. The maximum Gasteiger partial charge on any atom is 0.326 e. The van der Waals surface area contributed by atoms with E-state index in [1.165, 1.54) is 24.3 Å². The van der Waals surface area contributed by atoms with Gasteiger partial charge in [0.15, 0.2) is 0 Å². The second kappa shape index (κ2) is 5.02. The first kappa shape index (κ1) is 12.2. The number of rotatable bonds is 2. The van der Waals surface area contributed by atoms with Crippen LogP contribution in [0, 0.1) is 5.92 Å². The second-order valence-corrected chi connectivity index (χ2v) is 6.42. The fraction of sp³-hybridized carbons (Fsp3) is 0.462. The van der Waals surface area contributed by atoms with E-state index in [0.717, 1.165) is 17.6 Å². The third-order valence-electron chi connectivity index (χ3n) is 3.52. The molecule has 1 saturated heterocycles. The molecule has 1 fully saturated rings. The van der Waals surface area contributed by atoms with E-state index in [0.29, 0.717) is 10.9 Å². The van der Waals surface area contributed by atoms with Gasteiger partial charge < -0.3 is 4.98 Å². The number of benzene rings is 1. The van der Waals surface area contributed by atoms with E-state index in [1.54, 1.807) is 6.07 Å². The molecule has 1 aliphatic heterocycles. The number of fused-ring (bicyclic) bond motifs is 1. The summed E-state index contributed by atoms with van der Waals surface area (Å²) in [5, 5.41) is 0.675. The number of halogens is 1. The summed E-state index contributed by atoms with van der Waals surface area (Å²) < 4.78 is 1.84. The number of aromatic amines is 1. The highest BCUT2D eigenvalue weighted by molar-refractivity contribution is 7.99. The Balaban J connectivity index is 1.97. The van der Waals surface area contributed by atoms with Crippen LogP contribution >= 0.6 is 23.4 Å². The van der Waals surface area contributed by atoms with Crippen molar-refractivity contribution in [1.29, 1.82) is 0 Å². The van der Waals surface area contributed by atoms with Crippen LogP contribution in [0.1, 0.15) is 12.8 Å². The Morgan fingerprint density at radius 3 is 2.94 bits per heavy atom. The highest BCUT2D eigenvalue weighted by atomic mass is 35.5. The Hall–Kier alpha value is -0.870. The molecule has 0 atom stereocenters.